The highest BCUT2D eigenvalue weighted by Gasteiger charge is 2.21. The maximum absolute atomic E-state index is 12.1. The molecule has 1 aromatic rings. The van der Waals surface area contributed by atoms with E-state index in [0.29, 0.717) is 5.02 Å². The summed E-state index contributed by atoms with van der Waals surface area (Å²) in [5.41, 5.74) is 0.277. The van der Waals surface area contributed by atoms with E-state index in [0.717, 1.165) is 25.7 Å². The van der Waals surface area contributed by atoms with Crippen LogP contribution >= 0.6 is 11.6 Å². The van der Waals surface area contributed by atoms with Gasteiger partial charge in [-0.3, -0.25) is 9.59 Å². The summed E-state index contributed by atoms with van der Waals surface area (Å²) < 4.78 is 4.98. The van der Waals surface area contributed by atoms with Gasteiger partial charge < -0.3 is 15.4 Å². The molecule has 7 heteroatoms. The highest BCUT2D eigenvalue weighted by atomic mass is 35.5. The van der Waals surface area contributed by atoms with Crippen molar-refractivity contribution in [2.45, 2.75) is 51.1 Å². The fourth-order valence-electron chi connectivity index (χ4n) is 2.76. The third kappa shape index (κ3) is 6.05. The largest absolute Gasteiger partial charge is 0.454 e. The fraction of sp³-hybridized carbons (Fsp3) is 0.500. The van der Waals surface area contributed by atoms with E-state index in [1.165, 1.54) is 13.3 Å². The summed E-state index contributed by atoms with van der Waals surface area (Å²) in [5.74, 6) is -1.45. The normalized spacial score (nSPS) is 15.9. The fourth-order valence-corrected chi connectivity index (χ4v) is 2.98. The van der Waals surface area contributed by atoms with E-state index in [1.54, 1.807) is 24.3 Å². The van der Waals surface area contributed by atoms with Crippen molar-refractivity contribution in [3.8, 4) is 0 Å². The van der Waals surface area contributed by atoms with Gasteiger partial charge in [-0.25, -0.2) is 4.79 Å². The molecule has 0 bridgehead atoms. The van der Waals surface area contributed by atoms with Crippen molar-refractivity contribution in [1.82, 2.24) is 10.6 Å². The molecule has 0 heterocycles. The van der Waals surface area contributed by atoms with Crippen molar-refractivity contribution >= 4 is 29.4 Å². The van der Waals surface area contributed by atoms with Gasteiger partial charge in [0.2, 0.25) is 0 Å². The molecule has 1 aromatic carbocycles. The highest BCUT2D eigenvalue weighted by molar-refractivity contribution is 6.33. The van der Waals surface area contributed by atoms with E-state index in [4.69, 9.17) is 16.3 Å². The SMILES string of the molecule is CC(NC(=O)c1ccccc1Cl)C(=O)OCC(=O)NC1CCCCC1. The number of nitrogens with one attached hydrogen (secondary N) is 2. The van der Waals surface area contributed by atoms with Crippen molar-refractivity contribution in [2.24, 2.45) is 0 Å². The van der Waals surface area contributed by atoms with Crippen molar-refractivity contribution < 1.29 is 19.1 Å². The second kappa shape index (κ2) is 9.42. The molecule has 0 aliphatic heterocycles. The molecule has 2 rings (SSSR count). The summed E-state index contributed by atoms with van der Waals surface area (Å²) in [4.78, 5) is 35.9. The minimum absolute atomic E-state index is 0.164. The summed E-state index contributed by atoms with van der Waals surface area (Å²) in [5, 5.41) is 5.68. The number of halogens is 1. The van der Waals surface area contributed by atoms with Crippen molar-refractivity contribution in [2.75, 3.05) is 6.61 Å². The minimum atomic E-state index is -0.883. The third-order valence-electron chi connectivity index (χ3n) is 4.14. The summed E-state index contributed by atoms with van der Waals surface area (Å²) >= 11 is 5.95. The molecule has 1 saturated carbocycles. The monoisotopic (exact) mass is 366 g/mol. The molecular formula is C18H23ClN2O4. The zero-order valence-corrected chi connectivity index (χ0v) is 15.0. The zero-order chi connectivity index (χ0) is 18.2. The predicted molar refractivity (Wildman–Crippen MR) is 94.4 cm³/mol. The lowest BCUT2D eigenvalue weighted by atomic mass is 9.95. The van der Waals surface area contributed by atoms with Crippen LogP contribution in [0.15, 0.2) is 24.3 Å². The molecule has 1 aliphatic rings. The van der Waals surface area contributed by atoms with Crippen LogP contribution in [-0.4, -0.2) is 36.5 Å². The van der Waals surface area contributed by atoms with E-state index in [-0.39, 0.29) is 24.1 Å². The molecule has 6 nitrogen and oxygen atoms in total. The molecule has 0 aromatic heterocycles. The van der Waals surface area contributed by atoms with Crippen LogP contribution in [0.1, 0.15) is 49.4 Å². The molecule has 1 aliphatic carbocycles. The number of carbonyl (C=O) groups excluding carboxylic acids is 3. The molecule has 2 amide bonds. The second-order valence-corrected chi connectivity index (χ2v) is 6.59. The van der Waals surface area contributed by atoms with Crippen LogP contribution in [0.2, 0.25) is 5.02 Å². The first-order valence-corrected chi connectivity index (χ1v) is 8.86. The van der Waals surface area contributed by atoms with E-state index >= 15 is 0 Å². The standard InChI is InChI=1S/C18H23ClN2O4/c1-12(20-17(23)14-9-5-6-10-15(14)19)18(24)25-11-16(22)21-13-7-3-2-4-8-13/h5-6,9-10,12-13H,2-4,7-8,11H2,1H3,(H,20,23)(H,21,22). The Hall–Kier alpha value is -2.08. The van der Waals surface area contributed by atoms with Gasteiger partial charge >= 0.3 is 5.97 Å². The molecule has 1 fully saturated rings. The Kier molecular flexibility index (Phi) is 7.25. The molecule has 2 N–H and O–H groups in total. The molecule has 0 radical (unpaired) electrons. The first-order valence-electron chi connectivity index (χ1n) is 8.48. The van der Waals surface area contributed by atoms with Crippen LogP contribution in [-0.2, 0) is 14.3 Å². The van der Waals surface area contributed by atoms with Crippen LogP contribution in [0.25, 0.3) is 0 Å². The van der Waals surface area contributed by atoms with Crippen LogP contribution in [0.3, 0.4) is 0 Å². The topological polar surface area (TPSA) is 84.5 Å². The average molecular weight is 367 g/mol. The first kappa shape index (κ1) is 19.2. The van der Waals surface area contributed by atoms with Gasteiger partial charge in [0.15, 0.2) is 6.61 Å². The summed E-state index contributed by atoms with van der Waals surface area (Å²) in [7, 11) is 0. The Bertz CT molecular complexity index is 629. The second-order valence-electron chi connectivity index (χ2n) is 6.19. The minimum Gasteiger partial charge on any atom is -0.454 e. The van der Waals surface area contributed by atoms with Gasteiger partial charge in [-0.1, -0.05) is 43.0 Å². The number of hydrogen-bond acceptors (Lipinski definition) is 4. The Morgan fingerprint density at radius 1 is 1.20 bits per heavy atom. The van der Waals surface area contributed by atoms with Gasteiger partial charge in [-0.2, -0.15) is 0 Å². The van der Waals surface area contributed by atoms with Gasteiger partial charge in [0, 0.05) is 6.04 Å². The number of benzene rings is 1. The lowest BCUT2D eigenvalue weighted by Gasteiger charge is -2.22. The van der Waals surface area contributed by atoms with Gasteiger partial charge in [0.05, 0.1) is 10.6 Å². The molecule has 1 atom stereocenters. The number of esters is 1. The van der Waals surface area contributed by atoms with Crippen molar-refractivity contribution in [1.29, 1.82) is 0 Å². The highest BCUT2D eigenvalue weighted by Crippen LogP contribution is 2.17. The number of hydrogen-bond donors (Lipinski definition) is 2. The quantitative estimate of drug-likeness (QED) is 0.757. The zero-order valence-electron chi connectivity index (χ0n) is 14.2. The maximum atomic E-state index is 12.1. The van der Waals surface area contributed by atoms with Gasteiger partial charge in [0.25, 0.3) is 11.8 Å². The summed E-state index contributed by atoms with van der Waals surface area (Å²) in [6.45, 7) is 1.15. The van der Waals surface area contributed by atoms with Crippen LogP contribution in [0, 0.1) is 0 Å². The van der Waals surface area contributed by atoms with Crippen LogP contribution in [0.4, 0.5) is 0 Å². The van der Waals surface area contributed by atoms with E-state index in [9.17, 15) is 14.4 Å². The van der Waals surface area contributed by atoms with E-state index in [2.05, 4.69) is 10.6 Å². The lowest BCUT2D eigenvalue weighted by Crippen LogP contribution is -2.42. The maximum Gasteiger partial charge on any atom is 0.328 e. The average Bonchev–Trinajstić information content (AvgIpc) is 2.60. The van der Waals surface area contributed by atoms with Gasteiger partial charge in [-0.05, 0) is 31.9 Å². The van der Waals surface area contributed by atoms with E-state index in [1.807, 2.05) is 0 Å². The Labute approximate surface area is 152 Å². The number of amides is 2. The number of ether oxygens (including phenoxy) is 1. The molecule has 0 saturated heterocycles. The predicted octanol–water partition coefficient (Wildman–Crippen LogP) is 2.45. The van der Waals surface area contributed by atoms with E-state index < -0.39 is 17.9 Å². The van der Waals surface area contributed by atoms with Gasteiger partial charge in [0.1, 0.15) is 6.04 Å². The molecule has 0 spiro atoms. The first-order chi connectivity index (χ1) is 12.0. The van der Waals surface area contributed by atoms with Crippen molar-refractivity contribution in [3.05, 3.63) is 34.9 Å². The Morgan fingerprint density at radius 2 is 1.88 bits per heavy atom. The van der Waals surface area contributed by atoms with Crippen molar-refractivity contribution in [3.63, 3.8) is 0 Å². The molecule has 25 heavy (non-hydrogen) atoms. The smallest absolute Gasteiger partial charge is 0.328 e. The molecule has 1 unspecified atom stereocenters. The third-order valence-corrected chi connectivity index (χ3v) is 4.47. The lowest BCUT2D eigenvalue weighted by molar-refractivity contribution is -0.150. The number of carbonyl (C=O) groups is 3. The van der Waals surface area contributed by atoms with Crippen LogP contribution < -0.4 is 10.6 Å². The Morgan fingerprint density at radius 3 is 2.56 bits per heavy atom. The molecular weight excluding hydrogens is 344 g/mol. The summed E-state index contributed by atoms with van der Waals surface area (Å²) in [6, 6.07) is 5.83. The summed E-state index contributed by atoms with van der Waals surface area (Å²) in [6.07, 6.45) is 5.34. The van der Waals surface area contributed by atoms with Gasteiger partial charge in [-0.15, -0.1) is 0 Å². The molecule has 136 valence electrons. The number of rotatable bonds is 6. The van der Waals surface area contributed by atoms with Crippen LogP contribution in [0.5, 0.6) is 0 Å². The Balaban J connectivity index is 1.75.